The van der Waals surface area contributed by atoms with E-state index in [9.17, 15) is 22.8 Å². The number of amides is 1. The van der Waals surface area contributed by atoms with Gasteiger partial charge in [0.05, 0.1) is 10.6 Å². The molecule has 0 saturated heterocycles. The van der Waals surface area contributed by atoms with E-state index in [1.54, 1.807) is 0 Å². The van der Waals surface area contributed by atoms with Crippen molar-refractivity contribution in [2.24, 2.45) is 0 Å². The van der Waals surface area contributed by atoms with Crippen molar-refractivity contribution in [3.8, 4) is 0 Å². The van der Waals surface area contributed by atoms with E-state index in [1.807, 2.05) is 0 Å². The second-order valence-corrected chi connectivity index (χ2v) is 6.02. The molecule has 2 rings (SSSR count). The quantitative estimate of drug-likeness (QED) is 0.538. The Labute approximate surface area is 158 Å². The van der Waals surface area contributed by atoms with Crippen LogP contribution in [0.3, 0.4) is 0 Å². The molecule has 0 radical (unpaired) electrons. The van der Waals surface area contributed by atoms with Crippen LogP contribution >= 0.6 is 11.6 Å². The number of rotatable bonds is 7. The third-order valence-electron chi connectivity index (χ3n) is 3.43. The maximum absolute atomic E-state index is 12.6. The van der Waals surface area contributed by atoms with Gasteiger partial charge in [0.25, 0.3) is 0 Å². The van der Waals surface area contributed by atoms with Gasteiger partial charge in [-0.1, -0.05) is 11.6 Å². The summed E-state index contributed by atoms with van der Waals surface area (Å²) in [7, 11) is 0. The van der Waals surface area contributed by atoms with Gasteiger partial charge in [0.2, 0.25) is 5.91 Å². The van der Waals surface area contributed by atoms with Gasteiger partial charge in [-0.05, 0) is 24.6 Å². The molecule has 0 fully saturated rings. The van der Waals surface area contributed by atoms with Gasteiger partial charge in [-0.3, -0.25) is 9.59 Å². The first-order chi connectivity index (χ1) is 12.7. The summed E-state index contributed by atoms with van der Waals surface area (Å²) in [6.07, 6.45) is -1.80. The molecule has 144 valence electrons. The Kier molecular flexibility index (Phi) is 6.73. The number of nitrogens with zero attached hydrogens (tertiary/aromatic N) is 2. The minimum Gasteiger partial charge on any atom is -0.369 e. The lowest BCUT2D eigenvalue weighted by molar-refractivity contribution is -0.137. The van der Waals surface area contributed by atoms with Crippen LogP contribution in [0.4, 0.5) is 24.8 Å². The van der Waals surface area contributed by atoms with Crippen molar-refractivity contribution < 1.29 is 22.8 Å². The summed E-state index contributed by atoms with van der Waals surface area (Å²) in [5.74, 6) is -0.0457. The predicted octanol–water partition coefficient (Wildman–Crippen LogP) is 4.18. The van der Waals surface area contributed by atoms with Gasteiger partial charge in [-0.2, -0.15) is 13.2 Å². The molecule has 0 aliphatic heterocycles. The van der Waals surface area contributed by atoms with E-state index in [0.29, 0.717) is 24.7 Å². The summed E-state index contributed by atoms with van der Waals surface area (Å²) >= 11 is 5.80. The Bertz CT molecular complexity index is 843. The molecule has 0 atom stereocenters. The van der Waals surface area contributed by atoms with E-state index in [-0.39, 0.29) is 34.8 Å². The molecular formula is C17H16ClF3N4O2. The van der Waals surface area contributed by atoms with Gasteiger partial charge < -0.3 is 10.6 Å². The largest absolute Gasteiger partial charge is 0.417 e. The molecule has 1 amide bonds. The monoisotopic (exact) mass is 400 g/mol. The zero-order valence-electron chi connectivity index (χ0n) is 14.2. The highest BCUT2D eigenvalue weighted by Gasteiger charge is 2.31. The van der Waals surface area contributed by atoms with E-state index in [4.69, 9.17) is 11.6 Å². The molecule has 0 aliphatic rings. The van der Waals surface area contributed by atoms with Gasteiger partial charge in [0.1, 0.15) is 11.6 Å². The molecule has 2 aromatic rings. The van der Waals surface area contributed by atoms with Gasteiger partial charge in [0.15, 0.2) is 5.78 Å². The third-order valence-corrected chi connectivity index (χ3v) is 3.72. The lowest BCUT2D eigenvalue weighted by Crippen LogP contribution is -2.11. The fraction of sp³-hybridized carbons (Fsp3) is 0.294. The zero-order valence-corrected chi connectivity index (χ0v) is 15.0. The predicted molar refractivity (Wildman–Crippen MR) is 94.8 cm³/mol. The summed E-state index contributed by atoms with van der Waals surface area (Å²) in [4.78, 5) is 30.8. The molecule has 0 unspecified atom stereocenters. The van der Waals surface area contributed by atoms with Crippen LogP contribution in [0, 0.1) is 0 Å². The van der Waals surface area contributed by atoms with Crippen molar-refractivity contribution in [3.63, 3.8) is 0 Å². The summed E-state index contributed by atoms with van der Waals surface area (Å²) in [6.45, 7) is 1.63. The first-order valence-corrected chi connectivity index (χ1v) is 8.28. The third kappa shape index (κ3) is 6.21. The molecule has 0 spiro atoms. The van der Waals surface area contributed by atoms with Crippen molar-refractivity contribution in [1.82, 2.24) is 9.97 Å². The Morgan fingerprint density at radius 3 is 2.59 bits per heavy atom. The number of hydrogen-bond donors (Lipinski definition) is 2. The second kappa shape index (κ2) is 8.81. The molecule has 10 heteroatoms. The number of halogens is 4. The van der Waals surface area contributed by atoms with Gasteiger partial charge >= 0.3 is 6.18 Å². The van der Waals surface area contributed by atoms with Crippen LogP contribution in [-0.4, -0.2) is 28.2 Å². The van der Waals surface area contributed by atoms with Crippen molar-refractivity contribution >= 4 is 34.9 Å². The number of ketones is 1. The number of alkyl halides is 3. The molecule has 2 aromatic heterocycles. The summed E-state index contributed by atoms with van der Waals surface area (Å²) in [5, 5.41) is 5.15. The van der Waals surface area contributed by atoms with Crippen LogP contribution in [0.25, 0.3) is 0 Å². The minimum atomic E-state index is -4.51. The van der Waals surface area contributed by atoms with Crippen LogP contribution < -0.4 is 10.6 Å². The van der Waals surface area contributed by atoms with Gasteiger partial charge in [-0.15, -0.1) is 0 Å². The van der Waals surface area contributed by atoms with Gasteiger partial charge in [-0.25, -0.2) is 9.97 Å². The lowest BCUT2D eigenvalue weighted by atomic mass is 10.1. The normalized spacial score (nSPS) is 11.1. The Morgan fingerprint density at radius 1 is 1.22 bits per heavy atom. The average molecular weight is 401 g/mol. The smallest absolute Gasteiger partial charge is 0.369 e. The van der Waals surface area contributed by atoms with Gasteiger partial charge in [0, 0.05) is 37.8 Å². The van der Waals surface area contributed by atoms with E-state index in [2.05, 4.69) is 20.6 Å². The Morgan fingerprint density at radius 2 is 1.96 bits per heavy atom. The van der Waals surface area contributed by atoms with Crippen LogP contribution in [0.5, 0.6) is 0 Å². The van der Waals surface area contributed by atoms with Crippen LogP contribution in [0.2, 0.25) is 5.02 Å². The number of aromatic nitrogens is 2. The van der Waals surface area contributed by atoms with E-state index in [0.717, 1.165) is 6.07 Å². The second-order valence-electron chi connectivity index (χ2n) is 5.62. The SMILES string of the molecule is CC(=O)Nc1cc(C(=O)CCCNc2ncc(C(F)(F)F)cc2Cl)ccn1. The summed E-state index contributed by atoms with van der Waals surface area (Å²) in [5.41, 5.74) is -0.527. The number of carbonyl (C=O) groups is 2. The molecule has 0 aromatic carbocycles. The highest BCUT2D eigenvalue weighted by molar-refractivity contribution is 6.32. The Balaban J connectivity index is 1.86. The number of pyridine rings is 2. The Hall–Kier alpha value is -2.68. The summed E-state index contributed by atoms with van der Waals surface area (Å²) < 4.78 is 37.7. The minimum absolute atomic E-state index is 0.119. The first-order valence-electron chi connectivity index (χ1n) is 7.90. The topological polar surface area (TPSA) is 84.0 Å². The highest BCUT2D eigenvalue weighted by atomic mass is 35.5. The number of carbonyl (C=O) groups excluding carboxylic acids is 2. The molecule has 2 heterocycles. The van der Waals surface area contributed by atoms with Crippen LogP contribution in [-0.2, 0) is 11.0 Å². The first kappa shape index (κ1) is 20.6. The number of Topliss-reactive ketones (excluding diaryl/α,β-unsaturated/α-hetero) is 1. The van der Waals surface area contributed by atoms with Crippen molar-refractivity contribution in [2.75, 3.05) is 17.2 Å². The van der Waals surface area contributed by atoms with Crippen LogP contribution in [0.1, 0.15) is 35.7 Å². The maximum atomic E-state index is 12.6. The molecule has 0 bridgehead atoms. The standard InChI is InChI=1S/C17H16ClF3N4O2/c1-10(26)25-15-7-11(4-6-22-15)14(27)3-2-5-23-16-13(18)8-12(9-24-16)17(19,20)21/h4,6-9H,2-3,5H2,1H3,(H,23,24)(H,22,25,26). The molecule has 2 N–H and O–H groups in total. The van der Waals surface area contributed by atoms with Crippen molar-refractivity contribution in [1.29, 1.82) is 0 Å². The summed E-state index contributed by atoms with van der Waals surface area (Å²) in [6, 6.07) is 3.81. The maximum Gasteiger partial charge on any atom is 0.417 e. The fourth-order valence-electron chi connectivity index (χ4n) is 2.18. The lowest BCUT2D eigenvalue weighted by Gasteiger charge is -2.10. The van der Waals surface area contributed by atoms with Crippen molar-refractivity contribution in [3.05, 3.63) is 46.7 Å². The van der Waals surface area contributed by atoms with E-state index in [1.165, 1.54) is 25.3 Å². The zero-order chi connectivity index (χ0) is 20.0. The van der Waals surface area contributed by atoms with E-state index >= 15 is 0 Å². The molecule has 6 nitrogen and oxygen atoms in total. The number of hydrogen-bond acceptors (Lipinski definition) is 5. The molecular weight excluding hydrogens is 385 g/mol. The average Bonchev–Trinajstić information content (AvgIpc) is 2.58. The number of nitrogens with one attached hydrogen (secondary N) is 2. The number of anilines is 2. The molecule has 0 aliphatic carbocycles. The van der Waals surface area contributed by atoms with Crippen molar-refractivity contribution in [2.45, 2.75) is 25.9 Å². The van der Waals surface area contributed by atoms with Crippen LogP contribution in [0.15, 0.2) is 30.6 Å². The molecule has 0 saturated carbocycles. The highest BCUT2D eigenvalue weighted by Crippen LogP contribution is 2.32. The molecule has 27 heavy (non-hydrogen) atoms. The fourth-order valence-corrected chi connectivity index (χ4v) is 2.41. The van der Waals surface area contributed by atoms with E-state index < -0.39 is 11.7 Å².